The van der Waals surface area contributed by atoms with Crippen molar-refractivity contribution in [3.63, 3.8) is 0 Å². The van der Waals surface area contributed by atoms with Crippen LogP contribution >= 0.6 is 11.8 Å². The van der Waals surface area contributed by atoms with E-state index in [2.05, 4.69) is 17.4 Å². The maximum Gasteiger partial charge on any atom is 0.248 e. The third-order valence-electron chi connectivity index (χ3n) is 5.43. The predicted molar refractivity (Wildman–Crippen MR) is 110 cm³/mol. The monoisotopic (exact) mass is 380 g/mol. The van der Waals surface area contributed by atoms with Crippen LogP contribution in [0, 0.1) is 5.92 Å². The van der Waals surface area contributed by atoms with Gasteiger partial charge in [0.25, 0.3) is 0 Å². The molecule has 1 aliphatic heterocycles. The molecular formula is C22H24N2O2S. The molecule has 0 spiro atoms. The zero-order valence-electron chi connectivity index (χ0n) is 15.3. The summed E-state index contributed by atoms with van der Waals surface area (Å²) < 4.78 is 0. The van der Waals surface area contributed by atoms with Gasteiger partial charge in [0.05, 0.1) is 5.88 Å². The molecule has 1 heterocycles. The Labute approximate surface area is 164 Å². The Kier molecular flexibility index (Phi) is 5.48. The van der Waals surface area contributed by atoms with Crippen LogP contribution in [0.25, 0.3) is 11.1 Å². The molecule has 2 aromatic carbocycles. The third kappa shape index (κ3) is 4.03. The normalized spacial score (nSPS) is 20.0. The summed E-state index contributed by atoms with van der Waals surface area (Å²) in [5.41, 5.74) is 3.03. The van der Waals surface area contributed by atoms with E-state index in [1.54, 1.807) is 16.7 Å². The SMILES string of the molecule is O=C(Nc1ccc(-c2ccccc2)cc1)C1CSCN1C(=O)C1CCCC1. The van der Waals surface area contributed by atoms with Crippen molar-refractivity contribution < 1.29 is 9.59 Å². The van der Waals surface area contributed by atoms with Gasteiger partial charge in [0, 0.05) is 17.4 Å². The average Bonchev–Trinajstić information content (AvgIpc) is 3.41. The fourth-order valence-corrected chi connectivity index (χ4v) is 5.05. The van der Waals surface area contributed by atoms with E-state index in [0.29, 0.717) is 11.6 Å². The van der Waals surface area contributed by atoms with Crippen LogP contribution in [0.2, 0.25) is 0 Å². The maximum atomic E-state index is 12.8. The molecule has 1 saturated heterocycles. The summed E-state index contributed by atoms with van der Waals surface area (Å²) >= 11 is 1.66. The lowest BCUT2D eigenvalue weighted by molar-refractivity contribution is -0.139. The molecule has 2 fully saturated rings. The minimum Gasteiger partial charge on any atom is -0.324 e. The van der Waals surface area contributed by atoms with Gasteiger partial charge in [0.1, 0.15) is 6.04 Å². The first-order valence-corrected chi connectivity index (χ1v) is 10.7. The summed E-state index contributed by atoms with van der Waals surface area (Å²) in [6, 6.07) is 17.7. The molecule has 1 aliphatic carbocycles. The number of nitrogens with one attached hydrogen (secondary N) is 1. The Bertz CT molecular complexity index is 801. The molecular weight excluding hydrogens is 356 g/mol. The fourth-order valence-electron chi connectivity index (χ4n) is 3.89. The van der Waals surface area contributed by atoms with Gasteiger partial charge < -0.3 is 10.2 Å². The second-order valence-corrected chi connectivity index (χ2v) is 8.24. The van der Waals surface area contributed by atoms with E-state index in [1.165, 1.54) is 0 Å². The zero-order valence-corrected chi connectivity index (χ0v) is 16.1. The highest BCUT2D eigenvalue weighted by molar-refractivity contribution is 7.99. The maximum absolute atomic E-state index is 12.8. The molecule has 5 heteroatoms. The van der Waals surface area contributed by atoms with Gasteiger partial charge in [-0.05, 0) is 36.1 Å². The average molecular weight is 381 g/mol. The van der Waals surface area contributed by atoms with Gasteiger partial charge in [-0.15, -0.1) is 11.8 Å². The molecule has 0 radical (unpaired) electrons. The topological polar surface area (TPSA) is 49.4 Å². The highest BCUT2D eigenvalue weighted by atomic mass is 32.2. The molecule has 1 atom stereocenters. The van der Waals surface area contributed by atoms with Gasteiger partial charge in [-0.1, -0.05) is 55.3 Å². The minimum absolute atomic E-state index is 0.0844. The Morgan fingerprint density at radius 1 is 0.926 bits per heavy atom. The van der Waals surface area contributed by atoms with E-state index in [1.807, 2.05) is 42.5 Å². The number of benzene rings is 2. The van der Waals surface area contributed by atoms with Crippen LogP contribution in [0.3, 0.4) is 0 Å². The van der Waals surface area contributed by atoms with E-state index in [-0.39, 0.29) is 23.8 Å². The molecule has 2 aromatic rings. The van der Waals surface area contributed by atoms with Gasteiger partial charge in [0.2, 0.25) is 11.8 Å². The first kappa shape index (κ1) is 18.1. The summed E-state index contributed by atoms with van der Waals surface area (Å²) in [7, 11) is 0. The standard InChI is InChI=1S/C22H24N2O2S/c25-21(20-14-27-15-24(20)22(26)18-8-4-5-9-18)23-19-12-10-17(11-13-19)16-6-2-1-3-7-16/h1-3,6-7,10-13,18,20H,4-5,8-9,14-15H2,(H,23,25). The Morgan fingerprint density at radius 2 is 1.59 bits per heavy atom. The number of hydrogen-bond acceptors (Lipinski definition) is 3. The highest BCUT2D eigenvalue weighted by Gasteiger charge is 2.38. The molecule has 1 unspecified atom stereocenters. The van der Waals surface area contributed by atoms with E-state index < -0.39 is 0 Å². The van der Waals surface area contributed by atoms with Gasteiger partial charge >= 0.3 is 0 Å². The molecule has 2 aliphatic rings. The number of rotatable bonds is 4. The number of anilines is 1. The summed E-state index contributed by atoms with van der Waals surface area (Å²) in [6.45, 7) is 0. The van der Waals surface area contributed by atoms with E-state index in [9.17, 15) is 9.59 Å². The van der Waals surface area contributed by atoms with Crippen molar-refractivity contribution in [1.82, 2.24) is 4.90 Å². The molecule has 1 saturated carbocycles. The Balaban J connectivity index is 1.41. The number of thioether (sulfide) groups is 1. The molecule has 0 aromatic heterocycles. The molecule has 1 N–H and O–H groups in total. The number of nitrogens with zero attached hydrogens (tertiary/aromatic N) is 1. The van der Waals surface area contributed by atoms with Crippen LogP contribution in [-0.2, 0) is 9.59 Å². The van der Waals surface area contributed by atoms with Gasteiger partial charge in [-0.25, -0.2) is 0 Å². The number of carbonyl (C=O) groups excluding carboxylic acids is 2. The molecule has 4 nitrogen and oxygen atoms in total. The first-order valence-electron chi connectivity index (χ1n) is 9.57. The molecule has 27 heavy (non-hydrogen) atoms. The van der Waals surface area contributed by atoms with Crippen molar-refractivity contribution in [3.05, 3.63) is 54.6 Å². The van der Waals surface area contributed by atoms with E-state index >= 15 is 0 Å². The third-order valence-corrected chi connectivity index (χ3v) is 6.44. The Hall–Kier alpha value is -2.27. The van der Waals surface area contributed by atoms with Gasteiger partial charge in [-0.2, -0.15) is 0 Å². The summed E-state index contributed by atoms with van der Waals surface area (Å²) in [6.07, 6.45) is 4.19. The van der Waals surface area contributed by atoms with Crippen molar-refractivity contribution in [2.75, 3.05) is 16.9 Å². The van der Waals surface area contributed by atoms with Crippen molar-refractivity contribution >= 4 is 29.3 Å². The van der Waals surface area contributed by atoms with Gasteiger partial charge in [-0.3, -0.25) is 9.59 Å². The van der Waals surface area contributed by atoms with Crippen LogP contribution in [-0.4, -0.2) is 34.4 Å². The molecule has 2 amide bonds. The number of carbonyl (C=O) groups is 2. The van der Waals surface area contributed by atoms with Crippen molar-refractivity contribution in [2.24, 2.45) is 5.92 Å². The minimum atomic E-state index is -0.364. The highest BCUT2D eigenvalue weighted by Crippen LogP contribution is 2.31. The van der Waals surface area contributed by atoms with E-state index in [4.69, 9.17) is 0 Å². The largest absolute Gasteiger partial charge is 0.324 e. The second kappa shape index (κ2) is 8.17. The molecule has 140 valence electrons. The summed E-state index contributed by atoms with van der Waals surface area (Å²) in [5.74, 6) is 1.49. The molecule has 0 bridgehead atoms. The lowest BCUT2D eigenvalue weighted by Crippen LogP contribution is -2.46. The smallest absolute Gasteiger partial charge is 0.248 e. The Morgan fingerprint density at radius 3 is 2.30 bits per heavy atom. The lowest BCUT2D eigenvalue weighted by atomic mass is 10.1. The fraction of sp³-hybridized carbons (Fsp3) is 0.364. The van der Waals surface area contributed by atoms with Crippen LogP contribution in [0.1, 0.15) is 25.7 Å². The number of hydrogen-bond donors (Lipinski definition) is 1. The van der Waals surface area contributed by atoms with Crippen molar-refractivity contribution in [1.29, 1.82) is 0 Å². The first-order chi connectivity index (χ1) is 13.2. The van der Waals surface area contributed by atoms with Crippen LogP contribution in [0.5, 0.6) is 0 Å². The van der Waals surface area contributed by atoms with Crippen LogP contribution in [0.4, 0.5) is 5.69 Å². The molecule has 4 rings (SSSR count). The van der Waals surface area contributed by atoms with Crippen molar-refractivity contribution in [2.45, 2.75) is 31.7 Å². The summed E-state index contributed by atoms with van der Waals surface area (Å²) in [5, 5.41) is 2.99. The lowest BCUT2D eigenvalue weighted by Gasteiger charge is -2.25. The zero-order chi connectivity index (χ0) is 18.6. The predicted octanol–water partition coefficient (Wildman–Crippen LogP) is 4.38. The van der Waals surface area contributed by atoms with Crippen LogP contribution < -0.4 is 5.32 Å². The quantitative estimate of drug-likeness (QED) is 0.856. The number of amides is 2. The van der Waals surface area contributed by atoms with Crippen LogP contribution in [0.15, 0.2) is 54.6 Å². The van der Waals surface area contributed by atoms with E-state index in [0.717, 1.165) is 42.5 Å². The van der Waals surface area contributed by atoms with Crippen molar-refractivity contribution in [3.8, 4) is 11.1 Å². The second-order valence-electron chi connectivity index (χ2n) is 7.24. The van der Waals surface area contributed by atoms with Gasteiger partial charge in [0.15, 0.2) is 0 Å². The summed E-state index contributed by atoms with van der Waals surface area (Å²) in [4.78, 5) is 27.3.